The van der Waals surface area contributed by atoms with E-state index in [0.29, 0.717) is 24.2 Å². The zero-order valence-electron chi connectivity index (χ0n) is 17.6. The molecule has 3 heteroatoms. The fraction of sp³-hybridized carbons (Fsp3) is 0.370. The molecule has 2 aliphatic carbocycles. The van der Waals surface area contributed by atoms with E-state index in [1.165, 1.54) is 61.3 Å². The molecule has 0 unspecified atom stereocenters. The van der Waals surface area contributed by atoms with Crippen molar-refractivity contribution in [2.75, 3.05) is 6.61 Å². The molecular formula is C27H30O3. The maximum atomic E-state index is 11.6. The van der Waals surface area contributed by atoms with E-state index >= 15 is 0 Å². The van der Waals surface area contributed by atoms with Crippen molar-refractivity contribution in [1.29, 1.82) is 0 Å². The van der Waals surface area contributed by atoms with Crippen LogP contribution in [0.1, 0.15) is 62.1 Å². The Morgan fingerprint density at radius 3 is 2.00 bits per heavy atom. The number of carbonyl (C=O) groups excluding carboxylic acids is 1. The highest BCUT2D eigenvalue weighted by atomic mass is 16.5. The Kier molecular flexibility index (Phi) is 6.37. The molecular weight excluding hydrogens is 372 g/mol. The van der Waals surface area contributed by atoms with Crippen LogP contribution in [0.25, 0.3) is 11.6 Å². The number of ether oxygens (including phenoxy) is 1. The Balaban J connectivity index is 1.73. The summed E-state index contributed by atoms with van der Waals surface area (Å²) in [4.78, 5) is 11.6. The van der Waals surface area contributed by atoms with Crippen LogP contribution >= 0.6 is 0 Å². The van der Waals surface area contributed by atoms with E-state index in [4.69, 9.17) is 4.74 Å². The van der Waals surface area contributed by atoms with Gasteiger partial charge in [0, 0.05) is 6.08 Å². The largest absolute Gasteiger partial charge is 0.508 e. The van der Waals surface area contributed by atoms with E-state index in [2.05, 4.69) is 24.3 Å². The Hall–Kier alpha value is -2.81. The third-order valence-corrected chi connectivity index (χ3v) is 6.43. The van der Waals surface area contributed by atoms with Crippen LogP contribution < -0.4 is 0 Å². The van der Waals surface area contributed by atoms with Gasteiger partial charge in [0.15, 0.2) is 0 Å². The van der Waals surface area contributed by atoms with E-state index in [1.54, 1.807) is 30.7 Å². The zero-order valence-corrected chi connectivity index (χ0v) is 17.6. The normalized spacial score (nSPS) is 20.9. The molecule has 0 spiro atoms. The van der Waals surface area contributed by atoms with E-state index in [9.17, 15) is 9.90 Å². The maximum Gasteiger partial charge on any atom is 0.330 e. The molecule has 2 aromatic rings. The average Bonchev–Trinajstić information content (AvgIpc) is 2.75. The Bertz CT molecular complexity index is 911. The molecule has 2 fully saturated rings. The third-order valence-electron chi connectivity index (χ3n) is 6.43. The topological polar surface area (TPSA) is 46.5 Å². The lowest BCUT2D eigenvalue weighted by Crippen LogP contribution is -2.25. The van der Waals surface area contributed by atoms with Gasteiger partial charge in [-0.15, -0.1) is 0 Å². The van der Waals surface area contributed by atoms with Crippen molar-refractivity contribution in [2.24, 2.45) is 11.8 Å². The van der Waals surface area contributed by atoms with Gasteiger partial charge in [-0.25, -0.2) is 4.79 Å². The number of hydrogen-bond donors (Lipinski definition) is 1. The van der Waals surface area contributed by atoms with E-state index < -0.39 is 0 Å². The van der Waals surface area contributed by atoms with Gasteiger partial charge in [0.2, 0.25) is 0 Å². The summed E-state index contributed by atoms with van der Waals surface area (Å²) in [6.07, 6.45) is 11.1. The number of allylic oxidation sites excluding steroid dienone is 1. The number of aromatic hydroxyl groups is 1. The molecule has 0 heterocycles. The summed E-state index contributed by atoms with van der Waals surface area (Å²) in [5, 5.41) is 9.80. The molecule has 0 atom stereocenters. The van der Waals surface area contributed by atoms with Gasteiger partial charge in [-0.05, 0) is 84.9 Å². The molecule has 2 aromatic carbocycles. The second-order valence-electron chi connectivity index (χ2n) is 8.34. The van der Waals surface area contributed by atoms with Crippen molar-refractivity contribution in [2.45, 2.75) is 45.4 Å². The monoisotopic (exact) mass is 402 g/mol. The number of rotatable bonds is 5. The van der Waals surface area contributed by atoms with Gasteiger partial charge in [-0.3, -0.25) is 0 Å². The lowest BCUT2D eigenvalue weighted by atomic mass is 9.65. The zero-order chi connectivity index (χ0) is 20.9. The highest BCUT2D eigenvalue weighted by molar-refractivity contribution is 5.87. The summed E-state index contributed by atoms with van der Waals surface area (Å²) >= 11 is 0. The van der Waals surface area contributed by atoms with Crippen molar-refractivity contribution < 1.29 is 14.6 Å². The summed E-state index contributed by atoms with van der Waals surface area (Å²) in [6.45, 7) is 2.19. The summed E-state index contributed by atoms with van der Waals surface area (Å²) in [7, 11) is 0. The van der Waals surface area contributed by atoms with Crippen LogP contribution in [0.4, 0.5) is 0 Å². The Labute approximate surface area is 179 Å². The summed E-state index contributed by atoms with van der Waals surface area (Å²) < 4.78 is 4.96. The minimum Gasteiger partial charge on any atom is -0.508 e. The number of phenols is 1. The van der Waals surface area contributed by atoms with Gasteiger partial charge in [0.05, 0.1) is 6.61 Å². The number of hydrogen-bond acceptors (Lipinski definition) is 3. The molecule has 30 heavy (non-hydrogen) atoms. The van der Waals surface area contributed by atoms with Gasteiger partial charge in [-0.2, -0.15) is 0 Å². The Morgan fingerprint density at radius 2 is 1.47 bits per heavy atom. The molecule has 1 N–H and O–H groups in total. The first-order valence-electron chi connectivity index (χ1n) is 11.1. The van der Waals surface area contributed by atoms with E-state index in [0.717, 1.165) is 5.56 Å². The third kappa shape index (κ3) is 4.51. The average molecular weight is 403 g/mol. The predicted molar refractivity (Wildman–Crippen MR) is 121 cm³/mol. The summed E-state index contributed by atoms with van der Waals surface area (Å²) in [5.41, 5.74) is 6.32. The Morgan fingerprint density at radius 1 is 0.933 bits per heavy atom. The lowest BCUT2D eigenvalue weighted by Gasteiger charge is -2.39. The number of esters is 1. The molecule has 4 rings (SSSR count). The van der Waals surface area contributed by atoms with Gasteiger partial charge in [-0.1, -0.05) is 54.8 Å². The summed E-state index contributed by atoms with van der Waals surface area (Å²) in [5.74, 6) is 1.32. The molecule has 2 bridgehead atoms. The number of carbonyl (C=O) groups is 1. The highest BCUT2D eigenvalue weighted by Gasteiger charge is 2.33. The fourth-order valence-electron chi connectivity index (χ4n) is 5.12. The van der Waals surface area contributed by atoms with Crippen molar-refractivity contribution in [3.63, 3.8) is 0 Å². The van der Waals surface area contributed by atoms with Crippen molar-refractivity contribution in [1.82, 2.24) is 0 Å². The second-order valence-corrected chi connectivity index (χ2v) is 8.34. The van der Waals surface area contributed by atoms with Crippen LogP contribution in [0.15, 0.2) is 60.2 Å². The smallest absolute Gasteiger partial charge is 0.330 e. The first-order valence-corrected chi connectivity index (χ1v) is 11.1. The lowest BCUT2D eigenvalue weighted by molar-refractivity contribution is -0.137. The van der Waals surface area contributed by atoms with Crippen LogP contribution in [-0.4, -0.2) is 17.7 Å². The SMILES string of the molecule is CCOC(=O)/C=C/c1ccc(C(=C2C3CCCC2CCC3)c2ccc(O)cc2)cc1. The molecule has 156 valence electrons. The minimum atomic E-state index is -0.316. The van der Waals surface area contributed by atoms with Crippen molar-refractivity contribution >= 4 is 17.6 Å². The number of phenolic OH excluding ortho intramolecular Hbond substituents is 1. The molecule has 0 aromatic heterocycles. The van der Waals surface area contributed by atoms with Crippen LogP contribution in [-0.2, 0) is 9.53 Å². The van der Waals surface area contributed by atoms with Gasteiger partial charge in [0.25, 0.3) is 0 Å². The van der Waals surface area contributed by atoms with Crippen LogP contribution in [0.3, 0.4) is 0 Å². The van der Waals surface area contributed by atoms with Crippen molar-refractivity contribution in [3.05, 3.63) is 76.9 Å². The molecule has 2 aliphatic rings. The van der Waals surface area contributed by atoms with Crippen molar-refractivity contribution in [3.8, 4) is 5.75 Å². The number of benzene rings is 2. The van der Waals surface area contributed by atoms with Gasteiger partial charge < -0.3 is 9.84 Å². The van der Waals surface area contributed by atoms with E-state index in [-0.39, 0.29) is 5.97 Å². The van der Waals surface area contributed by atoms with E-state index in [1.807, 2.05) is 12.1 Å². The first kappa shape index (κ1) is 20.5. The quantitative estimate of drug-likeness (QED) is 0.467. The highest BCUT2D eigenvalue weighted by Crippen LogP contribution is 2.48. The van der Waals surface area contributed by atoms with Gasteiger partial charge >= 0.3 is 5.97 Å². The fourth-order valence-corrected chi connectivity index (χ4v) is 5.12. The predicted octanol–water partition coefficient (Wildman–Crippen LogP) is 6.37. The van der Waals surface area contributed by atoms with Crippen LogP contribution in [0.2, 0.25) is 0 Å². The molecule has 0 aliphatic heterocycles. The van der Waals surface area contributed by atoms with Crippen LogP contribution in [0.5, 0.6) is 5.75 Å². The molecule has 0 radical (unpaired) electrons. The standard InChI is InChI=1S/C27H30O3/c1-2-30-25(29)18-11-19-9-12-22(13-10-19)27(23-14-16-24(28)17-15-23)26-20-5-3-6-21(26)8-4-7-20/h9-18,20-21,28H,2-8H2,1H3/b18-11+,27-26?. The molecule has 2 saturated carbocycles. The maximum absolute atomic E-state index is 11.6. The first-order chi connectivity index (χ1) is 14.7. The molecule has 0 saturated heterocycles. The van der Waals surface area contributed by atoms with Crippen LogP contribution in [0, 0.1) is 11.8 Å². The molecule has 3 nitrogen and oxygen atoms in total. The molecule has 0 amide bonds. The minimum absolute atomic E-state index is 0.298. The summed E-state index contributed by atoms with van der Waals surface area (Å²) in [6, 6.07) is 16.1. The number of fused-ring (bicyclic) bond motifs is 2. The van der Waals surface area contributed by atoms with Gasteiger partial charge in [0.1, 0.15) is 5.75 Å². The second kappa shape index (κ2) is 9.34.